The maximum atomic E-state index is 12.8. The van der Waals surface area contributed by atoms with Crippen LogP contribution < -0.4 is 94.4 Å². The van der Waals surface area contributed by atoms with Crippen LogP contribution in [-0.2, 0) is 37.9 Å². The molecule has 10 atom stereocenters. The average molecular weight is 2190 g/mol. The zero-order valence-corrected chi connectivity index (χ0v) is 97.7. The van der Waals surface area contributed by atoms with Crippen LogP contribution in [0, 0.1) is 47.3 Å². The van der Waals surface area contributed by atoms with Gasteiger partial charge in [0.05, 0.1) is 48.6 Å². The Hall–Kier alpha value is -5.23. The van der Waals surface area contributed by atoms with Gasteiger partial charge in [-0.15, -0.1) is 0 Å². The number of phenols is 1. The van der Waals surface area contributed by atoms with E-state index in [1.54, 1.807) is 12.1 Å². The molecule has 5 aromatic carbocycles. The number of hydrogen-bond acceptors (Lipinski definition) is 22. The van der Waals surface area contributed by atoms with Crippen LogP contribution in [0.25, 0.3) is 0 Å². The Labute approximate surface area is 911 Å². The third-order valence-electron chi connectivity index (χ3n) is 27.1. The molecule has 139 heavy (non-hydrogen) atoms. The van der Waals surface area contributed by atoms with Gasteiger partial charge in [0.15, 0.2) is 0 Å². The third kappa shape index (κ3) is 43.4. The van der Waals surface area contributed by atoms with Gasteiger partial charge in [-0.25, -0.2) is 19.2 Å². The molecule has 0 aromatic heterocycles. The van der Waals surface area contributed by atoms with Crippen molar-refractivity contribution in [3.8, 4) is 17.2 Å². The standard InChI is InChI=1S/C24H38N2O3.C23H36BNO4.C19H30N2O.C17H24BrNO2.C17H25NO3.C7H14BrN.CH2O3.CH4.Cs.H2O2/c1-18-6-11-22(26(16-18)23(27)29-24(2,3)4)20-7-9-21(10-8-20)28-17-19-12-14-25(5)15-13-19;1-16-9-14-19(25(15-16)20(26)27-21(2,3)4)17-10-12-18(13-11-17)24-28-22(5,6)23(7,8)29-24;1-15-3-8-19(20-13-15)17-4-6-18(7-5-17)22-14-16-9-11-21(2)12-10-16;1-12-5-10-15(13-6-8-14(18)9-7-13)19(11-12)16(20)21-17(2,3)4;1-12-5-10-15(13-6-8-14(19)9-7-13)18(11-12)16(20)21-17(2,3)4;1-9-4-2-7(6-8)3-5-9;2-1-4-3;;;1-2/h7-10,18-19,22H,6,11-17H2,1-5H3;10-13,16,19H,9,14-15H2,1-8H3;4-7,15-16,19-20H,3,8-14H2,1-2H3;6-9,12,15H,5,10-11H2,1-4H3;6-9,12,15,19H,5,10-11H2,1-4H3;7H,2-6H2,1H3;1,3H;1H4;;1-2H/q;;;;;;;;+1;/p-1/t18-,22+;16-,19+;15-,19+;2*12-,15+;;;;;/m00000...../s1. The summed E-state index contributed by atoms with van der Waals surface area (Å²) >= 11 is 6.97. The van der Waals surface area contributed by atoms with Crippen LogP contribution in [0.5, 0.6) is 17.2 Å². The summed E-state index contributed by atoms with van der Waals surface area (Å²) in [5.41, 5.74) is 4.28. The monoisotopic (exact) mass is 2190 g/mol. The van der Waals surface area contributed by atoms with Gasteiger partial charge < -0.3 is 92.6 Å². The number of aromatic hydroxyl groups is 1. The zero-order chi connectivity index (χ0) is 101. The number of halogens is 2. The van der Waals surface area contributed by atoms with Gasteiger partial charge in [0.2, 0.25) is 0 Å². The first-order valence-corrected chi connectivity index (χ1v) is 52.1. The molecule has 4 N–H and O–H groups in total. The van der Waals surface area contributed by atoms with Gasteiger partial charge in [-0.3, -0.25) is 15.3 Å². The van der Waals surface area contributed by atoms with Crippen LogP contribution in [0.1, 0.15) is 314 Å². The summed E-state index contributed by atoms with van der Waals surface area (Å²) in [6, 6.07) is 41.5. The number of alkyl halides is 1. The molecule has 0 saturated carbocycles. The van der Waals surface area contributed by atoms with Crippen molar-refractivity contribution in [3.05, 3.63) is 154 Å². The normalized spacial score (nSPS) is 23.7. The topological polar surface area (TPSA) is 287 Å². The molecule has 776 valence electrons. The number of nitrogens with zero attached hydrogens (tertiary/aromatic N) is 7. The molecule has 9 aliphatic rings. The van der Waals surface area contributed by atoms with Crippen molar-refractivity contribution in [3.63, 3.8) is 0 Å². The first-order valence-electron chi connectivity index (χ1n) is 50.2. The number of ether oxygens (including phenoxy) is 6. The number of carbonyl (C=O) groups is 5. The summed E-state index contributed by atoms with van der Waals surface area (Å²) < 4.78 is 47.9. The summed E-state index contributed by atoms with van der Waals surface area (Å²) in [6.45, 7) is 55.0. The fraction of sp³-hybridized carbons (Fsp3) is 0.679. The van der Waals surface area contributed by atoms with Crippen molar-refractivity contribution in [1.82, 2.24) is 39.6 Å². The van der Waals surface area contributed by atoms with E-state index in [2.05, 4.69) is 225 Å². The second-order valence-corrected chi connectivity index (χ2v) is 46.3. The van der Waals surface area contributed by atoms with Crippen LogP contribution in [0.2, 0.25) is 0 Å². The Morgan fingerprint density at radius 1 is 0.432 bits per heavy atom. The fourth-order valence-corrected chi connectivity index (χ4v) is 19.2. The molecule has 9 heterocycles. The fourth-order valence-electron chi connectivity index (χ4n) is 18.3. The SMILES string of the molecule is C.CN1CCC(CBr)CC1.C[C@H]1CC[C@H](c2ccc(B3OC(C)(C)C(C)(C)O3)cc2)N(C(=O)OC(C)(C)C)C1.C[C@H]1CC[C@H](c2ccc(Br)cc2)N(C(=O)OC(C)(C)C)C1.C[C@H]1CC[C@H](c2ccc(O)cc2)N(C(=O)OC(C)(C)C)C1.C[C@H]1CC[C@H](c2ccc(OCC3CCN(C)CC3)cc2)N(C(=O)OC(C)(C)C)C1.C[C@H]1CC[C@H](c2ccc(OCC3CCN(C)CC3)cc2)NC1.O=CO[O-].OO.[Cs+]. The Morgan fingerprint density at radius 3 is 0.971 bits per heavy atom. The quantitative estimate of drug-likeness (QED) is 0.0201. The maximum absolute atomic E-state index is 12.8. The third-order valence-corrected chi connectivity index (χ3v) is 28.6. The minimum atomic E-state index is -0.497. The number of amides is 4. The van der Waals surface area contributed by atoms with Crippen molar-refractivity contribution >= 4 is 75.3 Å². The van der Waals surface area contributed by atoms with Gasteiger partial charge >= 0.3 is 100 Å². The summed E-state index contributed by atoms with van der Waals surface area (Å²) in [7, 11) is 6.21. The number of hydrogen-bond donors (Lipinski definition) is 4. The molecule has 26 nitrogen and oxygen atoms in total. The van der Waals surface area contributed by atoms with E-state index in [0.717, 1.165) is 160 Å². The maximum Gasteiger partial charge on any atom is 1.00 e. The van der Waals surface area contributed by atoms with Crippen molar-refractivity contribution in [2.24, 2.45) is 47.3 Å². The molecule has 0 aliphatic carbocycles. The Kier molecular flexibility index (Phi) is 53.2. The number of piperidine rings is 8. The van der Waals surface area contributed by atoms with E-state index in [4.69, 9.17) is 58.3 Å². The molecule has 4 amide bonds. The van der Waals surface area contributed by atoms with E-state index in [9.17, 15) is 24.3 Å². The molecule has 9 saturated heterocycles. The summed E-state index contributed by atoms with van der Waals surface area (Å²) in [5, 5.41) is 34.7. The predicted molar refractivity (Wildman–Crippen MR) is 557 cm³/mol. The molecule has 0 bridgehead atoms. The molecule has 30 heteroatoms. The molecular formula is C109H174BBr2CsN8O18. The van der Waals surface area contributed by atoms with E-state index >= 15 is 0 Å². The summed E-state index contributed by atoms with van der Waals surface area (Å²) in [6.07, 6.45) is 17.6. The molecule has 0 radical (unpaired) electrons. The minimum Gasteiger partial charge on any atom is -0.662 e. The zero-order valence-electron chi connectivity index (χ0n) is 88.3. The number of benzene rings is 5. The first-order chi connectivity index (χ1) is 64.5. The predicted octanol–water partition coefficient (Wildman–Crippen LogP) is 20.3. The van der Waals surface area contributed by atoms with E-state index in [-0.39, 0.29) is 155 Å². The van der Waals surface area contributed by atoms with Gasteiger partial charge in [0.1, 0.15) is 39.7 Å². The molecule has 9 fully saturated rings. The van der Waals surface area contributed by atoms with Crippen LogP contribution in [0.15, 0.2) is 126 Å². The molecule has 0 unspecified atom stereocenters. The van der Waals surface area contributed by atoms with Crippen molar-refractivity contribution < 1.29 is 156 Å². The molecular weight excluding hydrogens is 2010 g/mol. The molecule has 9 aliphatic heterocycles. The van der Waals surface area contributed by atoms with E-state index in [1.807, 2.05) is 127 Å². The van der Waals surface area contributed by atoms with Gasteiger partial charge in [-0.1, -0.05) is 147 Å². The van der Waals surface area contributed by atoms with Crippen LogP contribution >= 0.6 is 31.9 Å². The van der Waals surface area contributed by atoms with Crippen LogP contribution in [-0.4, -0.2) is 233 Å². The molecule has 14 rings (SSSR count). The Bertz CT molecular complexity index is 4230. The number of nitrogens with one attached hydrogen (secondary N) is 1. The van der Waals surface area contributed by atoms with Gasteiger partial charge in [-0.2, -0.15) is 0 Å². The van der Waals surface area contributed by atoms with Gasteiger partial charge in [-0.05, 0) is 410 Å². The van der Waals surface area contributed by atoms with Crippen LogP contribution in [0.3, 0.4) is 0 Å². The largest absolute Gasteiger partial charge is 1.00 e. The van der Waals surface area contributed by atoms with Crippen LogP contribution in [0.4, 0.5) is 19.2 Å². The van der Waals surface area contributed by atoms with Crippen molar-refractivity contribution in [2.75, 3.05) is 112 Å². The number of carbonyl (C=O) groups excluding carboxylic acids is 5. The number of likely N-dealkylation sites (tertiary alicyclic amines) is 7. The smallest absolute Gasteiger partial charge is 0.662 e. The van der Waals surface area contributed by atoms with E-state index in [1.165, 1.54) is 94.0 Å². The first kappa shape index (κ1) is 124. The minimum absolute atomic E-state index is 0. The second kappa shape index (κ2) is 59.5. The Balaban J connectivity index is 0.000000296. The van der Waals surface area contributed by atoms with E-state index < -0.39 is 22.4 Å². The average Bonchev–Trinajstić information content (AvgIpc) is 1.61. The van der Waals surface area contributed by atoms with E-state index in [0.29, 0.717) is 42.2 Å². The summed E-state index contributed by atoms with van der Waals surface area (Å²) in [5.74, 6) is 7.27. The second-order valence-electron chi connectivity index (χ2n) is 44.7. The number of phenolic OH excluding ortho intramolecular Hbond substituents is 1. The molecule has 5 aromatic rings. The van der Waals surface area contributed by atoms with Gasteiger partial charge in [0, 0.05) is 42.0 Å². The van der Waals surface area contributed by atoms with Crippen molar-refractivity contribution in [1.29, 1.82) is 0 Å². The number of rotatable bonds is 14. The Morgan fingerprint density at radius 2 is 0.698 bits per heavy atom. The van der Waals surface area contributed by atoms with Crippen molar-refractivity contribution in [2.45, 2.75) is 319 Å². The van der Waals surface area contributed by atoms with Gasteiger partial charge in [0.25, 0.3) is 6.47 Å². The molecule has 0 spiro atoms. The summed E-state index contributed by atoms with van der Waals surface area (Å²) in [4.78, 5) is 76.5.